The monoisotopic (exact) mass is 156 g/mol. The summed E-state index contributed by atoms with van der Waals surface area (Å²) < 4.78 is 4.75. The number of rotatable bonds is 3. The van der Waals surface area contributed by atoms with Crippen LogP contribution in [0.2, 0.25) is 0 Å². The van der Waals surface area contributed by atoms with Crippen LogP contribution in [0.15, 0.2) is 12.2 Å². The Bertz CT molecular complexity index is 155. The molecule has 0 saturated carbocycles. The van der Waals surface area contributed by atoms with Gasteiger partial charge in [-0.3, -0.25) is 4.79 Å². The first-order chi connectivity index (χ1) is 5.34. The van der Waals surface area contributed by atoms with Crippen LogP contribution >= 0.6 is 0 Å². The summed E-state index contributed by atoms with van der Waals surface area (Å²) in [6.45, 7) is 0.0290. The fourth-order valence-corrected chi connectivity index (χ4v) is 1.07. The molecule has 0 aromatic rings. The molecule has 3 nitrogen and oxygen atoms in total. The van der Waals surface area contributed by atoms with E-state index in [1.165, 1.54) is 0 Å². The van der Waals surface area contributed by atoms with Gasteiger partial charge in [-0.25, -0.2) is 0 Å². The first-order valence-electron chi connectivity index (χ1n) is 3.77. The Morgan fingerprint density at radius 3 is 2.73 bits per heavy atom. The van der Waals surface area contributed by atoms with Crippen molar-refractivity contribution in [3.05, 3.63) is 12.2 Å². The Kier molecular flexibility index (Phi) is 3.11. The number of aliphatic hydroxyl groups excluding tert-OH is 1. The van der Waals surface area contributed by atoms with E-state index >= 15 is 0 Å². The molecule has 1 N–H and O–H groups in total. The molecule has 0 saturated heterocycles. The van der Waals surface area contributed by atoms with E-state index in [2.05, 4.69) is 0 Å². The predicted molar refractivity (Wildman–Crippen MR) is 39.9 cm³/mol. The minimum atomic E-state index is -0.191. The zero-order valence-electron chi connectivity index (χ0n) is 6.32. The molecule has 62 valence electrons. The van der Waals surface area contributed by atoms with Crippen molar-refractivity contribution in [2.45, 2.75) is 12.8 Å². The molecule has 0 fully saturated rings. The number of carbonyl (C=O) groups is 1. The highest BCUT2D eigenvalue weighted by Gasteiger charge is 2.19. The quantitative estimate of drug-likeness (QED) is 0.477. The zero-order chi connectivity index (χ0) is 8.10. The number of ether oxygens (including phenoxy) is 1. The normalized spacial score (nSPS) is 17.2. The number of allylic oxidation sites excluding steroid dienone is 2. The van der Waals surface area contributed by atoms with Crippen molar-refractivity contribution in [1.29, 1.82) is 0 Å². The third-order valence-electron chi connectivity index (χ3n) is 1.68. The highest BCUT2D eigenvalue weighted by molar-refractivity contribution is 5.73. The van der Waals surface area contributed by atoms with Crippen LogP contribution in [-0.4, -0.2) is 24.3 Å². The number of esters is 1. The lowest BCUT2D eigenvalue weighted by atomic mass is 10.1. The molecule has 0 aromatic carbocycles. The molecule has 0 amide bonds. The van der Waals surface area contributed by atoms with E-state index in [-0.39, 0.29) is 25.1 Å². The molecule has 0 atom stereocenters. The average Bonchev–Trinajstić information content (AvgIpc) is 2.52. The van der Waals surface area contributed by atoms with Crippen LogP contribution < -0.4 is 0 Å². The predicted octanol–water partition coefficient (Wildman–Crippen LogP) is 0.488. The van der Waals surface area contributed by atoms with E-state index in [1.807, 2.05) is 12.2 Å². The minimum Gasteiger partial charge on any atom is -0.463 e. The molecule has 3 heteroatoms. The lowest BCUT2D eigenvalue weighted by Gasteiger charge is -2.07. The summed E-state index contributed by atoms with van der Waals surface area (Å²) in [7, 11) is 0. The average molecular weight is 156 g/mol. The van der Waals surface area contributed by atoms with Crippen molar-refractivity contribution in [2.24, 2.45) is 5.92 Å². The van der Waals surface area contributed by atoms with Gasteiger partial charge in [0.05, 0.1) is 12.5 Å². The number of carbonyl (C=O) groups excluding carboxylic acids is 1. The largest absolute Gasteiger partial charge is 0.463 e. The van der Waals surface area contributed by atoms with Crippen LogP contribution in [0.25, 0.3) is 0 Å². The maximum atomic E-state index is 11.0. The molecular weight excluding hydrogens is 144 g/mol. The van der Waals surface area contributed by atoms with Gasteiger partial charge in [0.25, 0.3) is 0 Å². The second-order valence-electron chi connectivity index (χ2n) is 2.53. The van der Waals surface area contributed by atoms with Crippen LogP contribution in [0.1, 0.15) is 12.8 Å². The highest BCUT2D eigenvalue weighted by atomic mass is 16.5. The Labute approximate surface area is 65.7 Å². The standard InChI is InChI=1S/C8H12O3/c9-5-6-11-8(10)7-3-1-2-4-7/h1-2,7,9H,3-6H2. The Morgan fingerprint density at radius 1 is 1.55 bits per heavy atom. The SMILES string of the molecule is O=C(OCCO)C1CC=CC1. The number of hydrogen-bond acceptors (Lipinski definition) is 3. The van der Waals surface area contributed by atoms with E-state index in [4.69, 9.17) is 9.84 Å². The van der Waals surface area contributed by atoms with Gasteiger partial charge in [-0.2, -0.15) is 0 Å². The first-order valence-corrected chi connectivity index (χ1v) is 3.77. The smallest absolute Gasteiger partial charge is 0.309 e. The van der Waals surface area contributed by atoms with Crippen molar-refractivity contribution in [2.75, 3.05) is 13.2 Å². The summed E-state index contributed by atoms with van der Waals surface area (Å²) in [4.78, 5) is 11.0. The van der Waals surface area contributed by atoms with Gasteiger partial charge in [-0.05, 0) is 12.8 Å². The topological polar surface area (TPSA) is 46.5 Å². The van der Waals surface area contributed by atoms with Gasteiger partial charge >= 0.3 is 5.97 Å². The molecule has 1 aliphatic rings. The van der Waals surface area contributed by atoms with Crippen LogP contribution in [-0.2, 0) is 9.53 Å². The summed E-state index contributed by atoms with van der Waals surface area (Å²) in [6, 6.07) is 0. The minimum absolute atomic E-state index is 0.00144. The molecule has 0 bridgehead atoms. The molecule has 0 aliphatic heterocycles. The molecule has 1 aliphatic carbocycles. The van der Waals surface area contributed by atoms with Gasteiger partial charge in [-0.15, -0.1) is 0 Å². The van der Waals surface area contributed by atoms with Crippen molar-refractivity contribution in [1.82, 2.24) is 0 Å². The van der Waals surface area contributed by atoms with Crippen molar-refractivity contribution in [3.63, 3.8) is 0 Å². The molecule has 0 spiro atoms. The van der Waals surface area contributed by atoms with Crippen molar-refractivity contribution < 1.29 is 14.6 Å². The molecule has 11 heavy (non-hydrogen) atoms. The third-order valence-corrected chi connectivity index (χ3v) is 1.68. The zero-order valence-corrected chi connectivity index (χ0v) is 6.32. The summed E-state index contributed by atoms with van der Waals surface area (Å²) >= 11 is 0. The van der Waals surface area contributed by atoms with Crippen LogP contribution in [0.4, 0.5) is 0 Å². The van der Waals surface area contributed by atoms with Gasteiger partial charge in [-0.1, -0.05) is 12.2 Å². The molecule has 1 rings (SSSR count). The van der Waals surface area contributed by atoms with Gasteiger partial charge in [0.2, 0.25) is 0 Å². The second kappa shape index (κ2) is 4.13. The molecule has 0 aromatic heterocycles. The Hall–Kier alpha value is -0.830. The van der Waals surface area contributed by atoms with E-state index in [0.29, 0.717) is 0 Å². The van der Waals surface area contributed by atoms with Crippen LogP contribution in [0.5, 0.6) is 0 Å². The number of aliphatic hydroxyl groups is 1. The molecule has 0 heterocycles. The van der Waals surface area contributed by atoms with Gasteiger partial charge in [0, 0.05) is 0 Å². The third kappa shape index (κ3) is 2.35. The first kappa shape index (κ1) is 8.27. The highest BCUT2D eigenvalue weighted by Crippen LogP contribution is 2.18. The summed E-state index contributed by atoms with van der Waals surface area (Å²) in [5, 5.41) is 8.37. The lowest BCUT2D eigenvalue weighted by molar-refractivity contribution is -0.149. The maximum Gasteiger partial charge on any atom is 0.309 e. The summed E-state index contributed by atoms with van der Waals surface area (Å²) in [5.41, 5.74) is 0. The summed E-state index contributed by atoms with van der Waals surface area (Å²) in [6.07, 6.45) is 5.52. The van der Waals surface area contributed by atoms with Gasteiger partial charge < -0.3 is 9.84 Å². The van der Waals surface area contributed by atoms with E-state index in [1.54, 1.807) is 0 Å². The van der Waals surface area contributed by atoms with E-state index in [9.17, 15) is 4.79 Å². The van der Waals surface area contributed by atoms with Gasteiger partial charge in [0.15, 0.2) is 0 Å². The van der Waals surface area contributed by atoms with Crippen LogP contribution in [0, 0.1) is 5.92 Å². The van der Waals surface area contributed by atoms with E-state index in [0.717, 1.165) is 12.8 Å². The number of hydrogen-bond donors (Lipinski definition) is 1. The maximum absolute atomic E-state index is 11.0. The Balaban J connectivity index is 2.19. The molecular formula is C8H12O3. The Morgan fingerprint density at radius 2 is 2.18 bits per heavy atom. The van der Waals surface area contributed by atoms with Crippen LogP contribution in [0.3, 0.4) is 0 Å². The molecule has 0 radical (unpaired) electrons. The fraction of sp³-hybridized carbons (Fsp3) is 0.625. The second-order valence-corrected chi connectivity index (χ2v) is 2.53. The van der Waals surface area contributed by atoms with Crippen molar-refractivity contribution in [3.8, 4) is 0 Å². The summed E-state index contributed by atoms with van der Waals surface area (Å²) in [5.74, 6) is -0.189. The molecule has 0 unspecified atom stereocenters. The van der Waals surface area contributed by atoms with Crippen molar-refractivity contribution >= 4 is 5.97 Å². The van der Waals surface area contributed by atoms with E-state index < -0.39 is 0 Å². The lowest BCUT2D eigenvalue weighted by Crippen LogP contribution is -2.16. The van der Waals surface area contributed by atoms with Gasteiger partial charge in [0.1, 0.15) is 6.61 Å². The fourth-order valence-electron chi connectivity index (χ4n) is 1.07.